The average molecular weight is 297 g/mol. The SMILES string of the molecule is C[C@H]1CN(C(=O)c2cccc(S(C)(=O)=O)c2)C[C@H](C)O1. The number of benzene rings is 1. The van der Waals surface area contributed by atoms with Crippen molar-refractivity contribution in [2.45, 2.75) is 31.0 Å². The van der Waals surface area contributed by atoms with E-state index in [-0.39, 0.29) is 23.0 Å². The van der Waals surface area contributed by atoms with Crippen LogP contribution < -0.4 is 0 Å². The van der Waals surface area contributed by atoms with Gasteiger partial charge in [-0.15, -0.1) is 0 Å². The van der Waals surface area contributed by atoms with E-state index in [1.54, 1.807) is 17.0 Å². The van der Waals surface area contributed by atoms with E-state index in [1.807, 2.05) is 13.8 Å². The smallest absolute Gasteiger partial charge is 0.254 e. The second-order valence-electron chi connectivity index (χ2n) is 5.27. The fraction of sp³-hybridized carbons (Fsp3) is 0.500. The van der Waals surface area contributed by atoms with Gasteiger partial charge in [-0.3, -0.25) is 4.79 Å². The zero-order chi connectivity index (χ0) is 14.9. The van der Waals surface area contributed by atoms with Crippen LogP contribution in [0.2, 0.25) is 0 Å². The van der Waals surface area contributed by atoms with Gasteiger partial charge in [-0.2, -0.15) is 0 Å². The summed E-state index contributed by atoms with van der Waals surface area (Å²) in [6.45, 7) is 4.88. The predicted octanol–water partition coefficient (Wildman–Crippen LogP) is 1.34. The zero-order valence-electron chi connectivity index (χ0n) is 11.9. The topological polar surface area (TPSA) is 63.7 Å². The first kappa shape index (κ1) is 15.0. The van der Waals surface area contributed by atoms with Crippen LogP contribution in [0.1, 0.15) is 24.2 Å². The molecule has 0 saturated carbocycles. The van der Waals surface area contributed by atoms with Crippen molar-refractivity contribution >= 4 is 15.7 Å². The molecule has 0 unspecified atom stereocenters. The quantitative estimate of drug-likeness (QED) is 0.826. The summed E-state index contributed by atoms with van der Waals surface area (Å²) in [7, 11) is -3.31. The van der Waals surface area contributed by atoms with Gasteiger partial charge in [0.05, 0.1) is 17.1 Å². The first-order valence-electron chi connectivity index (χ1n) is 6.52. The van der Waals surface area contributed by atoms with Gasteiger partial charge in [0.1, 0.15) is 0 Å². The summed E-state index contributed by atoms with van der Waals surface area (Å²) in [5, 5.41) is 0. The highest BCUT2D eigenvalue weighted by Gasteiger charge is 2.26. The van der Waals surface area contributed by atoms with Crippen molar-refractivity contribution in [3.8, 4) is 0 Å². The summed E-state index contributed by atoms with van der Waals surface area (Å²) in [5.41, 5.74) is 0.397. The lowest BCUT2D eigenvalue weighted by Crippen LogP contribution is -2.48. The van der Waals surface area contributed by atoms with Crippen LogP contribution in [0, 0.1) is 0 Å². The molecule has 6 heteroatoms. The summed E-state index contributed by atoms with van der Waals surface area (Å²) < 4.78 is 28.7. The summed E-state index contributed by atoms with van der Waals surface area (Å²) in [5.74, 6) is -0.155. The van der Waals surface area contributed by atoms with Crippen molar-refractivity contribution in [3.05, 3.63) is 29.8 Å². The van der Waals surface area contributed by atoms with Crippen LogP contribution in [0.4, 0.5) is 0 Å². The molecule has 1 heterocycles. The molecule has 1 fully saturated rings. The highest BCUT2D eigenvalue weighted by molar-refractivity contribution is 7.90. The first-order valence-corrected chi connectivity index (χ1v) is 8.41. The minimum Gasteiger partial charge on any atom is -0.372 e. The van der Waals surface area contributed by atoms with Gasteiger partial charge in [-0.1, -0.05) is 6.07 Å². The molecule has 0 radical (unpaired) electrons. The van der Waals surface area contributed by atoms with Crippen LogP contribution in [-0.2, 0) is 14.6 Å². The summed E-state index contributed by atoms with van der Waals surface area (Å²) in [6.07, 6.45) is 1.11. The maximum atomic E-state index is 12.4. The van der Waals surface area contributed by atoms with Gasteiger partial charge in [0.25, 0.3) is 5.91 Å². The number of amides is 1. The second-order valence-corrected chi connectivity index (χ2v) is 7.28. The Hall–Kier alpha value is -1.40. The van der Waals surface area contributed by atoms with Gasteiger partial charge < -0.3 is 9.64 Å². The fourth-order valence-corrected chi connectivity index (χ4v) is 3.05. The Kier molecular flexibility index (Phi) is 4.15. The van der Waals surface area contributed by atoms with Crippen LogP contribution in [0.5, 0.6) is 0 Å². The highest BCUT2D eigenvalue weighted by atomic mass is 32.2. The molecule has 0 aromatic heterocycles. The van der Waals surface area contributed by atoms with E-state index < -0.39 is 9.84 Å². The lowest BCUT2D eigenvalue weighted by molar-refractivity contribution is -0.0586. The number of sulfone groups is 1. The molecule has 1 aliphatic heterocycles. The third kappa shape index (κ3) is 3.37. The van der Waals surface area contributed by atoms with Crippen LogP contribution in [0.25, 0.3) is 0 Å². The number of nitrogens with zero attached hydrogens (tertiary/aromatic N) is 1. The lowest BCUT2D eigenvalue weighted by atomic mass is 10.1. The number of hydrogen-bond donors (Lipinski definition) is 0. The maximum Gasteiger partial charge on any atom is 0.254 e. The number of carbonyl (C=O) groups excluding carboxylic acids is 1. The molecule has 1 aromatic rings. The fourth-order valence-electron chi connectivity index (χ4n) is 2.39. The van der Waals surface area contributed by atoms with E-state index in [4.69, 9.17) is 4.74 Å². The molecule has 1 aromatic carbocycles. The molecule has 0 bridgehead atoms. The normalized spacial score (nSPS) is 23.6. The Morgan fingerprint density at radius 2 is 1.85 bits per heavy atom. The average Bonchev–Trinajstić information content (AvgIpc) is 2.36. The van der Waals surface area contributed by atoms with Crippen LogP contribution in [0.3, 0.4) is 0 Å². The molecule has 1 amide bonds. The molecule has 20 heavy (non-hydrogen) atoms. The number of hydrogen-bond acceptors (Lipinski definition) is 4. The third-order valence-corrected chi connectivity index (χ3v) is 4.33. The van der Waals surface area contributed by atoms with Crippen LogP contribution >= 0.6 is 0 Å². The Bertz CT molecular complexity index is 601. The standard InChI is InChI=1S/C14H19NO4S/c1-10-8-15(9-11(2)19-10)14(16)12-5-4-6-13(7-12)20(3,17)18/h4-7,10-11H,8-9H2,1-3H3/t10-,11-/m0/s1. The number of rotatable bonds is 2. The molecule has 1 saturated heterocycles. The van der Waals surface area contributed by atoms with Gasteiger partial charge in [0.2, 0.25) is 0 Å². The maximum absolute atomic E-state index is 12.4. The predicted molar refractivity (Wildman–Crippen MR) is 75.5 cm³/mol. The van der Waals surface area contributed by atoms with Crippen molar-refractivity contribution < 1.29 is 17.9 Å². The number of ether oxygens (including phenoxy) is 1. The Labute approximate surface area is 119 Å². The molecular weight excluding hydrogens is 278 g/mol. The molecule has 2 atom stereocenters. The Morgan fingerprint density at radius 1 is 1.25 bits per heavy atom. The molecule has 110 valence electrons. The minimum atomic E-state index is -3.31. The van der Waals surface area contributed by atoms with Crippen molar-refractivity contribution in [1.29, 1.82) is 0 Å². The van der Waals surface area contributed by atoms with Crippen molar-refractivity contribution in [2.24, 2.45) is 0 Å². The Balaban J connectivity index is 2.25. The van der Waals surface area contributed by atoms with Gasteiger partial charge in [0, 0.05) is 24.9 Å². The van der Waals surface area contributed by atoms with Gasteiger partial charge >= 0.3 is 0 Å². The van der Waals surface area contributed by atoms with E-state index in [2.05, 4.69) is 0 Å². The molecule has 0 aliphatic carbocycles. The van der Waals surface area contributed by atoms with Gasteiger partial charge in [-0.05, 0) is 32.0 Å². The molecule has 0 N–H and O–H groups in total. The van der Waals surface area contributed by atoms with E-state index in [1.165, 1.54) is 12.1 Å². The first-order chi connectivity index (χ1) is 9.27. The van der Waals surface area contributed by atoms with Crippen molar-refractivity contribution in [3.63, 3.8) is 0 Å². The second kappa shape index (κ2) is 5.54. The van der Waals surface area contributed by atoms with Gasteiger partial charge in [-0.25, -0.2) is 8.42 Å². The third-order valence-electron chi connectivity index (χ3n) is 3.22. The molecule has 2 rings (SSSR count). The summed E-state index contributed by atoms with van der Waals surface area (Å²) in [4.78, 5) is 14.3. The van der Waals surface area contributed by atoms with E-state index >= 15 is 0 Å². The molecule has 0 spiro atoms. The largest absolute Gasteiger partial charge is 0.372 e. The van der Waals surface area contributed by atoms with Crippen LogP contribution in [-0.4, -0.2) is 50.8 Å². The minimum absolute atomic E-state index is 0.0132. The molecule has 5 nitrogen and oxygen atoms in total. The lowest BCUT2D eigenvalue weighted by Gasteiger charge is -2.35. The highest BCUT2D eigenvalue weighted by Crippen LogP contribution is 2.17. The van der Waals surface area contributed by atoms with Crippen LogP contribution in [0.15, 0.2) is 29.2 Å². The summed E-state index contributed by atoms with van der Waals surface area (Å²) in [6, 6.07) is 6.16. The monoisotopic (exact) mass is 297 g/mol. The van der Waals surface area contributed by atoms with E-state index in [0.717, 1.165) is 6.26 Å². The van der Waals surface area contributed by atoms with Crippen molar-refractivity contribution in [2.75, 3.05) is 19.3 Å². The summed E-state index contributed by atoms with van der Waals surface area (Å²) >= 11 is 0. The zero-order valence-corrected chi connectivity index (χ0v) is 12.7. The van der Waals surface area contributed by atoms with Crippen molar-refractivity contribution in [1.82, 2.24) is 4.90 Å². The number of morpholine rings is 1. The molecule has 1 aliphatic rings. The molecular formula is C14H19NO4S. The van der Waals surface area contributed by atoms with Gasteiger partial charge in [0.15, 0.2) is 9.84 Å². The Morgan fingerprint density at radius 3 is 2.40 bits per heavy atom. The van der Waals surface area contributed by atoms with E-state index in [0.29, 0.717) is 18.7 Å². The number of carbonyl (C=O) groups is 1. The van der Waals surface area contributed by atoms with E-state index in [9.17, 15) is 13.2 Å².